The standard InChI is InChI=1S/C34H43N7O3/c1-34(2,32(42)43)18-24-16-25-6-4-5-7-27(25)30(17-24)40-14-10-28-29(21-40)37-33(44-22-23-9-13-39(3)19-23)38-31(28)41-15-12-36-26(20-41)8-11-35/h4-7,16-17,23,26,36H,8-10,12-15,18-22H2,1-3H3,(H,42,43)/t23-,26?/m1/s1. The van der Waals surface area contributed by atoms with Crippen molar-refractivity contribution in [3.05, 3.63) is 53.2 Å². The second kappa shape index (κ2) is 12.6. The molecule has 0 bridgehead atoms. The third-order valence-electron chi connectivity index (χ3n) is 9.32. The highest BCUT2D eigenvalue weighted by Crippen LogP contribution is 2.36. The number of nitriles is 1. The summed E-state index contributed by atoms with van der Waals surface area (Å²) in [6.07, 6.45) is 2.79. The van der Waals surface area contributed by atoms with Gasteiger partial charge in [0.25, 0.3) is 0 Å². The van der Waals surface area contributed by atoms with Gasteiger partial charge < -0.3 is 29.9 Å². The van der Waals surface area contributed by atoms with Crippen LogP contribution in [0.3, 0.4) is 0 Å². The molecule has 0 saturated carbocycles. The van der Waals surface area contributed by atoms with Crippen LogP contribution < -0.4 is 19.9 Å². The lowest BCUT2D eigenvalue weighted by atomic mass is 9.85. The van der Waals surface area contributed by atoms with E-state index in [1.54, 1.807) is 13.8 Å². The molecule has 10 heteroatoms. The lowest BCUT2D eigenvalue weighted by molar-refractivity contribution is -0.146. The van der Waals surface area contributed by atoms with Gasteiger partial charge in [-0.15, -0.1) is 0 Å². The van der Waals surface area contributed by atoms with Gasteiger partial charge in [0.05, 0.1) is 36.8 Å². The molecule has 4 heterocycles. The summed E-state index contributed by atoms with van der Waals surface area (Å²) in [4.78, 5) is 29.0. The summed E-state index contributed by atoms with van der Waals surface area (Å²) in [5, 5.41) is 24.9. The van der Waals surface area contributed by atoms with Crippen molar-refractivity contribution in [2.45, 2.75) is 52.1 Å². The number of anilines is 2. The molecule has 2 N–H and O–H groups in total. The van der Waals surface area contributed by atoms with Crippen molar-refractivity contribution in [1.29, 1.82) is 5.26 Å². The summed E-state index contributed by atoms with van der Waals surface area (Å²) >= 11 is 0. The van der Waals surface area contributed by atoms with Crippen LogP contribution in [0, 0.1) is 22.7 Å². The zero-order chi connectivity index (χ0) is 30.8. The summed E-state index contributed by atoms with van der Waals surface area (Å²) in [5.41, 5.74) is 3.35. The van der Waals surface area contributed by atoms with E-state index in [0.29, 0.717) is 37.9 Å². The first kappa shape index (κ1) is 30.1. The molecular weight excluding hydrogens is 554 g/mol. The number of aromatic nitrogens is 2. The average molecular weight is 598 g/mol. The van der Waals surface area contributed by atoms with Gasteiger partial charge in [0.15, 0.2) is 0 Å². The molecule has 0 aliphatic carbocycles. The molecule has 3 aromatic rings. The van der Waals surface area contributed by atoms with Crippen LogP contribution in [0.2, 0.25) is 0 Å². The zero-order valence-electron chi connectivity index (χ0n) is 26.1. The Morgan fingerprint density at radius 2 is 2.00 bits per heavy atom. The molecule has 10 nitrogen and oxygen atoms in total. The molecule has 6 rings (SSSR count). The highest BCUT2D eigenvalue weighted by Gasteiger charge is 2.31. The number of likely N-dealkylation sites (tertiary alicyclic amines) is 1. The Hall–Kier alpha value is -3.94. The Bertz CT molecular complexity index is 1570. The number of hydrogen-bond donors (Lipinski definition) is 2. The van der Waals surface area contributed by atoms with Crippen molar-refractivity contribution < 1.29 is 14.6 Å². The second-order valence-corrected chi connectivity index (χ2v) is 13.3. The summed E-state index contributed by atoms with van der Waals surface area (Å²) in [5.74, 6) is 0.590. The molecule has 44 heavy (non-hydrogen) atoms. The predicted octanol–water partition coefficient (Wildman–Crippen LogP) is 3.87. The monoisotopic (exact) mass is 597 g/mol. The van der Waals surface area contributed by atoms with E-state index in [-0.39, 0.29) is 6.04 Å². The van der Waals surface area contributed by atoms with Gasteiger partial charge in [-0.3, -0.25) is 4.79 Å². The normalized spacial score (nSPS) is 20.9. The highest BCUT2D eigenvalue weighted by molar-refractivity contribution is 5.95. The van der Waals surface area contributed by atoms with Gasteiger partial charge in [0, 0.05) is 61.3 Å². The molecule has 232 valence electrons. The number of carboxylic acids is 1. The minimum absolute atomic E-state index is 0.0991. The molecule has 0 radical (unpaired) electrons. The van der Waals surface area contributed by atoms with E-state index in [9.17, 15) is 15.2 Å². The van der Waals surface area contributed by atoms with E-state index in [1.807, 2.05) is 6.07 Å². The van der Waals surface area contributed by atoms with Crippen molar-refractivity contribution in [2.75, 3.05) is 62.7 Å². The summed E-state index contributed by atoms with van der Waals surface area (Å²) in [6.45, 7) is 9.99. The first-order valence-corrected chi connectivity index (χ1v) is 15.8. The van der Waals surface area contributed by atoms with Gasteiger partial charge in [-0.05, 0) is 63.7 Å². The van der Waals surface area contributed by atoms with Crippen molar-refractivity contribution >= 4 is 28.2 Å². The Balaban J connectivity index is 1.34. The fourth-order valence-corrected chi connectivity index (χ4v) is 6.84. The fourth-order valence-electron chi connectivity index (χ4n) is 6.84. The topological polar surface area (TPSA) is 118 Å². The molecule has 3 aliphatic rings. The van der Waals surface area contributed by atoms with Crippen molar-refractivity contribution in [3.63, 3.8) is 0 Å². The Morgan fingerprint density at radius 1 is 1.16 bits per heavy atom. The number of carbonyl (C=O) groups is 1. The van der Waals surface area contributed by atoms with Crippen LogP contribution in [-0.2, 0) is 24.2 Å². The maximum Gasteiger partial charge on any atom is 0.318 e. The van der Waals surface area contributed by atoms with Gasteiger partial charge in [-0.2, -0.15) is 15.2 Å². The second-order valence-electron chi connectivity index (χ2n) is 13.3. The Morgan fingerprint density at radius 3 is 2.77 bits per heavy atom. The van der Waals surface area contributed by atoms with Crippen LogP contribution >= 0.6 is 0 Å². The van der Waals surface area contributed by atoms with Gasteiger partial charge in [-0.25, -0.2) is 0 Å². The van der Waals surface area contributed by atoms with E-state index in [1.165, 1.54) is 0 Å². The molecule has 0 spiro atoms. The molecule has 1 aromatic heterocycles. The quantitative estimate of drug-likeness (QED) is 0.376. The molecule has 0 amide bonds. The van der Waals surface area contributed by atoms with Crippen molar-refractivity contribution in [3.8, 4) is 12.1 Å². The number of nitrogens with one attached hydrogen (secondary N) is 1. The summed E-state index contributed by atoms with van der Waals surface area (Å²) in [7, 11) is 2.14. The minimum atomic E-state index is -0.872. The number of hydrogen-bond acceptors (Lipinski definition) is 9. The van der Waals surface area contributed by atoms with Crippen LogP contribution in [0.4, 0.5) is 11.5 Å². The van der Waals surface area contributed by atoms with E-state index in [2.05, 4.69) is 63.5 Å². The third kappa shape index (κ3) is 6.44. The Kier molecular flexibility index (Phi) is 8.61. The summed E-state index contributed by atoms with van der Waals surface area (Å²) in [6, 6.07) is 15.4. The van der Waals surface area contributed by atoms with Gasteiger partial charge in [0.1, 0.15) is 5.82 Å². The van der Waals surface area contributed by atoms with Crippen LogP contribution in [0.5, 0.6) is 6.01 Å². The zero-order valence-corrected chi connectivity index (χ0v) is 26.1. The Labute approximate surface area is 259 Å². The third-order valence-corrected chi connectivity index (χ3v) is 9.32. The minimum Gasteiger partial charge on any atom is -0.481 e. The molecule has 2 saturated heterocycles. The smallest absolute Gasteiger partial charge is 0.318 e. The first-order chi connectivity index (χ1) is 21.2. The van der Waals surface area contributed by atoms with E-state index < -0.39 is 11.4 Å². The molecule has 3 aliphatic heterocycles. The number of nitrogens with zero attached hydrogens (tertiary/aromatic N) is 6. The van der Waals surface area contributed by atoms with E-state index in [0.717, 1.165) is 91.2 Å². The number of rotatable bonds is 9. The highest BCUT2D eigenvalue weighted by atomic mass is 16.5. The van der Waals surface area contributed by atoms with Crippen LogP contribution in [0.25, 0.3) is 10.8 Å². The molecular formula is C34H43N7O3. The predicted molar refractivity (Wildman–Crippen MR) is 171 cm³/mol. The SMILES string of the molecule is CN1CC[C@@H](COc2nc3c(c(N4CCNC(CC#N)C4)n2)CCN(c2cc(CC(C)(C)C(=O)O)cc4ccccc24)C3)C1. The first-order valence-electron chi connectivity index (χ1n) is 15.8. The van der Waals surface area contributed by atoms with Crippen molar-refractivity contribution in [2.24, 2.45) is 11.3 Å². The maximum absolute atomic E-state index is 12.0. The van der Waals surface area contributed by atoms with Gasteiger partial charge in [0.2, 0.25) is 0 Å². The molecule has 2 atom stereocenters. The fraction of sp³-hybridized carbons (Fsp3) is 0.529. The number of carboxylic acid groups (broad SMARTS) is 1. The lowest BCUT2D eigenvalue weighted by Gasteiger charge is -2.37. The van der Waals surface area contributed by atoms with Crippen LogP contribution in [-0.4, -0.2) is 84.9 Å². The number of aliphatic carboxylic acids is 1. The number of ether oxygens (including phenoxy) is 1. The van der Waals surface area contributed by atoms with Crippen molar-refractivity contribution in [1.82, 2.24) is 20.2 Å². The van der Waals surface area contributed by atoms with Crippen LogP contribution in [0.1, 0.15) is 43.5 Å². The maximum atomic E-state index is 12.0. The molecule has 1 unspecified atom stereocenters. The molecule has 2 fully saturated rings. The van der Waals surface area contributed by atoms with E-state index in [4.69, 9.17) is 14.7 Å². The molecule has 2 aromatic carbocycles. The van der Waals surface area contributed by atoms with Crippen LogP contribution in [0.15, 0.2) is 36.4 Å². The summed E-state index contributed by atoms with van der Waals surface area (Å²) < 4.78 is 6.30. The number of fused-ring (bicyclic) bond motifs is 2. The van der Waals surface area contributed by atoms with Gasteiger partial charge >= 0.3 is 12.0 Å². The van der Waals surface area contributed by atoms with Gasteiger partial charge in [-0.1, -0.05) is 30.3 Å². The average Bonchev–Trinajstić information content (AvgIpc) is 3.43. The lowest BCUT2D eigenvalue weighted by Crippen LogP contribution is -2.51. The number of benzene rings is 2. The van der Waals surface area contributed by atoms with E-state index >= 15 is 0 Å². The largest absolute Gasteiger partial charge is 0.481 e. The number of piperazine rings is 1.